The number of pyridine rings is 1. The second-order valence-corrected chi connectivity index (χ2v) is 4.91. The molecular weight excluding hydrogens is 224 g/mol. The van der Waals surface area contributed by atoms with E-state index in [1.54, 1.807) is 6.20 Å². The Morgan fingerprint density at radius 1 is 1.33 bits per heavy atom. The molecule has 4 heteroatoms. The molecule has 0 bridgehead atoms. The molecule has 0 spiro atoms. The topological polar surface area (TPSA) is 42.7 Å². The van der Waals surface area contributed by atoms with Gasteiger partial charge < -0.3 is 5.32 Å². The van der Waals surface area contributed by atoms with Gasteiger partial charge in [-0.2, -0.15) is 0 Å². The van der Waals surface area contributed by atoms with Gasteiger partial charge in [-0.1, -0.05) is 6.07 Å². The average molecular weight is 242 g/mol. The fourth-order valence-electron chi connectivity index (χ4n) is 2.06. The van der Waals surface area contributed by atoms with E-state index in [9.17, 15) is 0 Å². The van der Waals surface area contributed by atoms with Crippen LogP contribution in [0.1, 0.15) is 29.9 Å². The Morgan fingerprint density at radius 3 is 2.78 bits per heavy atom. The summed E-state index contributed by atoms with van der Waals surface area (Å²) in [5.41, 5.74) is 2.37. The quantitative estimate of drug-likeness (QED) is 0.893. The number of aromatic nitrogens is 3. The van der Waals surface area contributed by atoms with Crippen LogP contribution in [0.5, 0.6) is 0 Å². The molecule has 1 fully saturated rings. The molecule has 0 aliphatic heterocycles. The molecule has 1 aliphatic carbocycles. The Morgan fingerprint density at radius 2 is 2.17 bits per heavy atom. The van der Waals surface area contributed by atoms with Gasteiger partial charge in [0.1, 0.15) is 11.6 Å². The molecule has 4 nitrogen and oxygen atoms in total. The zero-order valence-electron chi connectivity index (χ0n) is 10.8. The lowest BCUT2D eigenvalue weighted by molar-refractivity contribution is 0.681. The number of hydrogen-bond acceptors (Lipinski definition) is 3. The minimum atomic E-state index is 0.736. The molecule has 0 saturated heterocycles. The Kier molecular flexibility index (Phi) is 2.88. The molecule has 3 rings (SSSR count). The molecule has 1 aliphatic rings. The van der Waals surface area contributed by atoms with E-state index in [1.807, 2.05) is 17.7 Å². The highest BCUT2D eigenvalue weighted by molar-refractivity contribution is 5.31. The van der Waals surface area contributed by atoms with Crippen LogP contribution in [0.4, 0.5) is 0 Å². The average Bonchev–Trinajstić information content (AvgIpc) is 3.09. The molecule has 2 heterocycles. The van der Waals surface area contributed by atoms with Crippen LogP contribution in [0.2, 0.25) is 0 Å². The first kappa shape index (κ1) is 11.4. The fraction of sp³-hybridized carbons (Fsp3) is 0.429. The largest absolute Gasteiger partial charge is 0.310 e. The van der Waals surface area contributed by atoms with E-state index in [1.165, 1.54) is 18.4 Å². The number of nitrogens with one attached hydrogen (secondary N) is 1. The van der Waals surface area contributed by atoms with E-state index < -0.39 is 0 Å². The van der Waals surface area contributed by atoms with Crippen molar-refractivity contribution < 1.29 is 0 Å². The zero-order chi connectivity index (χ0) is 12.5. The van der Waals surface area contributed by atoms with Crippen LogP contribution in [0.25, 0.3) is 5.82 Å². The van der Waals surface area contributed by atoms with Crippen molar-refractivity contribution in [2.45, 2.75) is 39.3 Å². The molecule has 2 aromatic heterocycles. The van der Waals surface area contributed by atoms with Crippen molar-refractivity contribution in [3.8, 4) is 5.82 Å². The molecule has 0 radical (unpaired) electrons. The summed E-state index contributed by atoms with van der Waals surface area (Å²) in [5, 5.41) is 3.52. The Labute approximate surface area is 107 Å². The Hall–Kier alpha value is -1.68. The summed E-state index contributed by atoms with van der Waals surface area (Å²) in [6, 6.07) is 4.96. The molecule has 0 amide bonds. The summed E-state index contributed by atoms with van der Waals surface area (Å²) in [5.74, 6) is 1.91. The van der Waals surface area contributed by atoms with Gasteiger partial charge >= 0.3 is 0 Å². The van der Waals surface area contributed by atoms with Gasteiger partial charge in [0.15, 0.2) is 0 Å². The van der Waals surface area contributed by atoms with Crippen molar-refractivity contribution in [3.63, 3.8) is 0 Å². The number of rotatable bonds is 4. The van der Waals surface area contributed by atoms with Crippen molar-refractivity contribution in [1.29, 1.82) is 0 Å². The van der Waals surface area contributed by atoms with E-state index in [4.69, 9.17) is 0 Å². The van der Waals surface area contributed by atoms with E-state index in [2.05, 4.69) is 34.3 Å². The van der Waals surface area contributed by atoms with Crippen molar-refractivity contribution in [2.24, 2.45) is 0 Å². The van der Waals surface area contributed by atoms with Gasteiger partial charge in [-0.25, -0.2) is 9.97 Å². The maximum atomic E-state index is 4.66. The SMILES string of the molecule is Cc1nc(-n2ccnc2C)ccc1CNC1CC1. The highest BCUT2D eigenvalue weighted by Crippen LogP contribution is 2.20. The van der Waals surface area contributed by atoms with Crippen molar-refractivity contribution >= 4 is 0 Å². The lowest BCUT2D eigenvalue weighted by atomic mass is 10.2. The first-order valence-electron chi connectivity index (χ1n) is 6.44. The summed E-state index contributed by atoms with van der Waals surface area (Å²) in [6.45, 7) is 4.98. The summed E-state index contributed by atoms with van der Waals surface area (Å²) >= 11 is 0. The van der Waals surface area contributed by atoms with Crippen molar-refractivity contribution in [2.75, 3.05) is 0 Å². The summed E-state index contributed by atoms with van der Waals surface area (Å²) < 4.78 is 2.01. The minimum Gasteiger partial charge on any atom is -0.310 e. The van der Waals surface area contributed by atoms with Gasteiger partial charge in [0.05, 0.1) is 0 Å². The fourth-order valence-corrected chi connectivity index (χ4v) is 2.06. The second kappa shape index (κ2) is 4.53. The number of imidazole rings is 1. The van der Waals surface area contributed by atoms with E-state index in [0.29, 0.717) is 0 Å². The normalized spacial score (nSPS) is 15.0. The lowest BCUT2D eigenvalue weighted by Crippen LogP contribution is -2.16. The zero-order valence-corrected chi connectivity index (χ0v) is 10.8. The second-order valence-electron chi connectivity index (χ2n) is 4.91. The van der Waals surface area contributed by atoms with Gasteiger partial charge in [0, 0.05) is 30.7 Å². The maximum absolute atomic E-state index is 4.66. The van der Waals surface area contributed by atoms with Gasteiger partial charge in [-0.3, -0.25) is 4.57 Å². The molecule has 2 aromatic rings. The van der Waals surface area contributed by atoms with Gasteiger partial charge in [0.25, 0.3) is 0 Å². The molecule has 94 valence electrons. The van der Waals surface area contributed by atoms with Crippen LogP contribution >= 0.6 is 0 Å². The highest BCUT2D eigenvalue weighted by Gasteiger charge is 2.20. The first-order chi connectivity index (χ1) is 8.74. The molecular formula is C14H18N4. The highest BCUT2D eigenvalue weighted by atomic mass is 15.1. The van der Waals surface area contributed by atoms with Crippen molar-refractivity contribution in [1.82, 2.24) is 19.9 Å². The monoisotopic (exact) mass is 242 g/mol. The third-order valence-corrected chi connectivity index (χ3v) is 3.41. The van der Waals surface area contributed by atoms with Crippen LogP contribution in [0.15, 0.2) is 24.5 Å². The summed E-state index contributed by atoms with van der Waals surface area (Å²) in [4.78, 5) is 8.88. The Bertz CT molecular complexity index is 555. The molecule has 1 saturated carbocycles. The van der Waals surface area contributed by atoms with Crippen LogP contribution in [-0.2, 0) is 6.54 Å². The van der Waals surface area contributed by atoms with Crippen LogP contribution in [0, 0.1) is 13.8 Å². The molecule has 0 unspecified atom stereocenters. The van der Waals surface area contributed by atoms with Gasteiger partial charge in [0.2, 0.25) is 0 Å². The number of nitrogens with zero attached hydrogens (tertiary/aromatic N) is 3. The standard InChI is InChI=1S/C14H18N4/c1-10-12(9-16-13-4-5-13)3-6-14(17-10)18-8-7-15-11(18)2/h3,6-8,13,16H,4-5,9H2,1-2H3. The lowest BCUT2D eigenvalue weighted by Gasteiger charge is -2.10. The number of hydrogen-bond donors (Lipinski definition) is 1. The van der Waals surface area contributed by atoms with Gasteiger partial charge in [-0.15, -0.1) is 0 Å². The first-order valence-corrected chi connectivity index (χ1v) is 6.44. The Balaban J connectivity index is 1.81. The van der Waals surface area contributed by atoms with E-state index >= 15 is 0 Å². The smallest absolute Gasteiger partial charge is 0.138 e. The predicted molar refractivity (Wildman–Crippen MR) is 70.7 cm³/mol. The van der Waals surface area contributed by atoms with Crippen LogP contribution < -0.4 is 5.32 Å². The third kappa shape index (κ3) is 2.29. The van der Waals surface area contributed by atoms with Gasteiger partial charge in [-0.05, 0) is 38.3 Å². The summed E-state index contributed by atoms with van der Waals surface area (Å²) in [7, 11) is 0. The molecule has 0 atom stereocenters. The molecule has 0 aromatic carbocycles. The van der Waals surface area contributed by atoms with Crippen LogP contribution in [-0.4, -0.2) is 20.6 Å². The third-order valence-electron chi connectivity index (χ3n) is 3.41. The minimum absolute atomic E-state index is 0.736. The number of aryl methyl sites for hydroxylation is 2. The molecule has 1 N–H and O–H groups in total. The maximum Gasteiger partial charge on any atom is 0.138 e. The van der Waals surface area contributed by atoms with Crippen LogP contribution in [0.3, 0.4) is 0 Å². The van der Waals surface area contributed by atoms with Crippen molar-refractivity contribution in [3.05, 3.63) is 41.6 Å². The van der Waals surface area contributed by atoms with E-state index in [-0.39, 0.29) is 0 Å². The predicted octanol–water partition coefficient (Wildman–Crippen LogP) is 2.14. The summed E-state index contributed by atoms with van der Waals surface area (Å²) in [6.07, 6.45) is 6.38. The molecule has 18 heavy (non-hydrogen) atoms. The van der Waals surface area contributed by atoms with E-state index in [0.717, 1.165) is 29.9 Å².